The average Bonchev–Trinajstić information content (AvgIpc) is 3.26. The van der Waals surface area contributed by atoms with E-state index in [2.05, 4.69) is 31.9 Å². The Morgan fingerprint density at radius 2 is 1.91 bits per heavy atom. The number of anilines is 1. The molecule has 2 aromatic carbocycles. The highest BCUT2D eigenvalue weighted by Crippen LogP contribution is 2.16. The van der Waals surface area contributed by atoms with Crippen molar-refractivity contribution in [1.29, 1.82) is 0 Å². The molecule has 1 heterocycles. The number of carbonyl (C=O) groups excluding carboxylic acids is 2. The van der Waals surface area contributed by atoms with Gasteiger partial charge in [0.2, 0.25) is 6.41 Å². The van der Waals surface area contributed by atoms with Crippen LogP contribution < -0.4 is 24.4 Å². The number of hydrogen-bond acceptors (Lipinski definition) is 6. The lowest BCUT2D eigenvalue weighted by Crippen LogP contribution is -2.40. The molecule has 3 amide bonds. The monoisotopic (exact) mass is 484 g/mol. The van der Waals surface area contributed by atoms with E-state index in [1.165, 1.54) is 10.5 Å². The Morgan fingerprint density at radius 3 is 2.50 bits per heavy atom. The van der Waals surface area contributed by atoms with Gasteiger partial charge >= 0.3 is 6.03 Å². The van der Waals surface area contributed by atoms with Gasteiger partial charge in [-0.1, -0.05) is 30.3 Å². The summed E-state index contributed by atoms with van der Waals surface area (Å²) < 4.78 is 12.6. The first-order chi connectivity index (χ1) is 16.4. The Balaban J connectivity index is 0.000000287. The number of nitrogens with zero attached hydrogens (tertiary/aromatic N) is 3. The highest BCUT2D eigenvalue weighted by molar-refractivity contribution is 7.96. The number of aromatic nitrogens is 2. The number of methoxy groups -OCH3 is 1. The number of hydrogen-bond donors (Lipinski definition) is 3. The van der Waals surface area contributed by atoms with Crippen molar-refractivity contribution in [2.24, 2.45) is 7.05 Å². The van der Waals surface area contributed by atoms with E-state index in [-0.39, 0.29) is 12.1 Å². The van der Waals surface area contributed by atoms with Gasteiger partial charge in [-0.15, -0.1) is 0 Å². The molecule has 3 rings (SSSR count). The molecule has 3 aromatic rings. The summed E-state index contributed by atoms with van der Waals surface area (Å²) in [4.78, 5) is 27.8. The Morgan fingerprint density at radius 1 is 1.21 bits per heavy atom. The van der Waals surface area contributed by atoms with Crippen molar-refractivity contribution < 1.29 is 14.3 Å². The second kappa shape index (κ2) is 14.6. The third-order valence-corrected chi connectivity index (χ3v) is 5.34. The second-order valence-corrected chi connectivity index (χ2v) is 8.16. The highest BCUT2D eigenvalue weighted by Gasteiger charge is 2.08. The number of amides is 3. The molecule has 34 heavy (non-hydrogen) atoms. The molecule has 9 nitrogen and oxygen atoms in total. The maximum Gasteiger partial charge on any atom is 0.325 e. The smallest absolute Gasteiger partial charge is 0.325 e. The summed E-state index contributed by atoms with van der Waals surface area (Å²) >= 11 is 1.15. The first-order valence-electron chi connectivity index (χ1n) is 10.7. The van der Waals surface area contributed by atoms with Gasteiger partial charge in [-0.05, 0) is 43.2 Å². The molecule has 1 aromatic heterocycles. The number of benzene rings is 2. The minimum absolute atomic E-state index is 0.0672. The van der Waals surface area contributed by atoms with Gasteiger partial charge in [-0.2, -0.15) is 0 Å². The minimum Gasteiger partial charge on any atom is -0.497 e. The van der Waals surface area contributed by atoms with Gasteiger partial charge in [-0.25, -0.2) is 14.5 Å². The molecule has 0 saturated carbocycles. The lowest BCUT2D eigenvalue weighted by molar-refractivity contribution is -0.107. The van der Waals surface area contributed by atoms with Crippen LogP contribution in [0.1, 0.15) is 18.3 Å². The molecule has 1 unspecified atom stereocenters. The molecule has 0 bridgehead atoms. The SMILES string of the molecule is CC(Cc1ccccc1)NC(=O)NSNCc1nccn1C.COc1ccc(N(C)C=O)cc1. The van der Waals surface area contributed by atoms with Crippen molar-refractivity contribution in [2.45, 2.75) is 25.9 Å². The molecule has 0 fully saturated rings. The van der Waals surface area contributed by atoms with Gasteiger partial charge in [0.05, 0.1) is 13.7 Å². The predicted molar refractivity (Wildman–Crippen MR) is 136 cm³/mol. The van der Waals surface area contributed by atoms with E-state index in [0.29, 0.717) is 6.54 Å². The van der Waals surface area contributed by atoms with Gasteiger partial charge in [0.1, 0.15) is 11.6 Å². The molecule has 10 heteroatoms. The van der Waals surface area contributed by atoms with E-state index in [1.54, 1.807) is 20.4 Å². The topological polar surface area (TPSA) is 101 Å². The molecule has 0 aliphatic carbocycles. The van der Waals surface area contributed by atoms with Crippen LogP contribution in [-0.2, 0) is 24.8 Å². The standard InChI is InChI=1S/C15H21N5OS.C9H11NO2/c1-12(10-13-6-4-3-5-7-13)18-15(21)19-22-17-11-14-16-8-9-20(14)2;1-10(7-11)8-3-5-9(12-2)6-4-8/h3-9,12,17H,10-11H2,1-2H3,(H2,18,19,21);3-7H,1-2H3. The van der Waals surface area contributed by atoms with Crippen LogP contribution in [0.25, 0.3) is 0 Å². The fourth-order valence-electron chi connectivity index (χ4n) is 2.90. The van der Waals surface area contributed by atoms with Crippen molar-refractivity contribution >= 4 is 30.3 Å². The zero-order valence-corrected chi connectivity index (χ0v) is 20.7. The summed E-state index contributed by atoms with van der Waals surface area (Å²) in [5.41, 5.74) is 2.06. The molecule has 182 valence electrons. The summed E-state index contributed by atoms with van der Waals surface area (Å²) in [5, 5.41) is 2.90. The quantitative estimate of drug-likeness (QED) is 0.232. The van der Waals surface area contributed by atoms with Crippen molar-refractivity contribution in [2.75, 3.05) is 19.1 Å². The minimum atomic E-state index is -0.208. The molecular weight excluding hydrogens is 452 g/mol. The molecule has 0 aliphatic heterocycles. The van der Waals surface area contributed by atoms with Crippen LogP contribution in [0.15, 0.2) is 67.0 Å². The van der Waals surface area contributed by atoms with Crippen LogP contribution in [0, 0.1) is 0 Å². The molecule has 1 atom stereocenters. The summed E-state index contributed by atoms with van der Waals surface area (Å²) in [6.45, 7) is 2.56. The van der Waals surface area contributed by atoms with Crippen LogP contribution in [0.4, 0.5) is 10.5 Å². The van der Waals surface area contributed by atoms with E-state index in [0.717, 1.165) is 42.2 Å². The molecule has 0 radical (unpaired) electrons. The predicted octanol–water partition coefficient (Wildman–Crippen LogP) is 3.29. The van der Waals surface area contributed by atoms with Gasteiger partial charge in [0, 0.05) is 50.4 Å². The zero-order chi connectivity index (χ0) is 24.8. The zero-order valence-electron chi connectivity index (χ0n) is 19.9. The average molecular weight is 485 g/mol. The van der Waals surface area contributed by atoms with E-state index in [4.69, 9.17) is 4.74 Å². The number of nitrogens with one attached hydrogen (secondary N) is 3. The number of urea groups is 1. The number of rotatable bonds is 10. The fourth-order valence-corrected chi connectivity index (χ4v) is 3.33. The van der Waals surface area contributed by atoms with Crippen LogP contribution >= 0.6 is 12.1 Å². The number of carbonyl (C=O) groups is 2. The Kier molecular flexibility index (Phi) is 11.5. The first-order valence-corrected chi connectivity index (χ1v) is 11.5. The van der Waals surface area contributed by atoms with Crippen molar-refractivity contribution in [3.8, 4) is 5.75 Å². The maximum absolute atomic E-state index is 11.8. The van der Waals surface area contributed by atoms with Crippen LogP contribution in [0.3, 0.4) is 0 Å². The maximum atomic E-state index is 11.8. The highest BCUT2D eigenvalue weighted by atomic mass is 32.2. The Labute approximate surface area is 205 Å². The largest absolute Gasteiger partial charge is 0.497 e. The number of aryl methyl sites for hydroxylation is 1. The molecule has 3 N–H and O–H groups in total. The summed E-state index contributed by atoms with van der Waals surface area (Å²) in [7, 11) is 5.24. The van der Waals surface area contributed by atoms with E-state index in [9.17, 15) is 9.59 Å². The summed E-state index contributed by atoms with van der Waals surface area (Å²) in [5.74, 6) is 1.70. The fraction of sp³-hybridized carbons (Fsp3) is 0.292. The third kappa shape index (κ3) is 9.55. The molecular formula is C24H32N6O3S. The normalized spacial score (nSPS) is 10.9. The van der Waals surface area contributed by atoms with Crippen molar-refractivity contribution in [3.63, 3.8) is 0 Å². The Bertz CT molecular complexity index is 997. The van der Waals surface area contributed by atoms with Gasteiger partial charge in [-0.3, -0.25) is 9.52 Å². The van der Waals surface area contributed by atoms with E-state index in [1.807, 2.05) is 67.2 Å². The third-order valence-electron chi connectivity index (χ3n) is 4.77. The molecule has 0 spiro atoms. The van der Waals surface area contributed by atoms with Crippen molar-refractivity contribution in [3.05, 3.63) is 78.4 Å². The van der Waals surface area contributed by atoms with Gasteiger partial charge in [0.25, 0.3) is 0 Å². The first kappa shape index (κ1) is 26.7. The lowest BCUT2D eigenvalue weighted by atomic mass is 10.1. The van der Waals surface area contributed by atoms with E-state index >= 15 is 0 Å². The second-order valence-electron chi connectivity index (χ2n) is 7.46. The summed E-state index contributed by atoms with van der Waals surface area (Å²) in [6.07, 6.45) is 5.20. The summed E-state index contributed by atoms with van der Waals surface area (Å²) in [6, 6.07) is 17.2. The van der Waals surface area contributed by atoms with Crippen LogP contribution in [0.5, 0.6) is 5.75 Å². The van der Waals surface area contributed by atoms with Gasteiger partial charge in [0.15, 0.2) is 0 Å². The van der Waals surface area contributed by atoms with Crippen LogP contribution in [-0.4, -0.2) is 42.2 Å². The molecule has 0 aliphatic rings. The van der Waals surface area contributed by atoms with Crippen LogP contribution in [0.2, 0.25) is 0 Å². The Hall–Kier alpha value is -3.50. The van der Waals surface area contributed by atoms with E-state index < -0.39 is 0 Å². The number of ether oxygens (including phenoxy) is 1. The van der Waals surface area contributed by atoms with Crippen molar-refractivity contribution in [1.82, 2.24) is 24.3 Å². The lowest BCUT2D eigenvalue weighted by Gasteiger charge is -2.14. The number of imidazole rings is 1. The molecule has 0 saturated heterocycles. The van der Waals surface area contributed by atoms with Gasteiger partial charge < -0.3 is 19.5 Å².